The Bertz CT molecular complexity index is 319. The normalized spacial score (nSPS) is 26.2. The highest BCUT2D eigenvalue weighted by Crippen LogP contribution is 2.40. The van der Waals surface area contributed by atoms with Gasteiger partial charge >= 0.3 is 5.97 Å². The summed E-state index contributed by atoms with van der Waals surface area (Å²) in [5.74, 6) is 1.03. The Balaban J connectivity index is 2.55. The molecule has 0 aliphatic heterocycles. The first kappa shape index (κ1) is 18.5. The van der Waals surface area contributed by atoms with Gasteiger partial charge in [0.25, 0.3) is 0 Å². The zero-order chi connectivity index (χ0) is 16.0. The van der Waals surface area contributed by atoms with Crippen LogP contribution in [0.3, 0.4) is 0 Å². The van der Waals surface area contributed by atoms with Crippen molar-refractivity contribution in [3.63, 3.8) is 0 Å². The molecule has 2 atom stereocenters. The minimum atomic E-state index is -0.152. The van der Waals surface area contributed by atoms with E-state index in [-0.39, 0.29) is 12.0 Å². The Labute approximate surface area is 131 Å². The van der Waals surface area contributed by atoms with Crippen molar-refractivity contribution in [1.29, 1.82) is 0 Å². The molecule has 1 N–H and O–H groups in total. The van der Waals surface area contributed by atoms with E-state index < -0.39 is 0 Å². The summed E-state index contributed by atoms with van der Waals surface area (Å²) in [6.45, 7) is 11.3. The predicted octanol–water partition coefficient (Wildman–Crippen LogP) is 4.16. The third-order valence-corrected chi connectivity index (χ3v) is 5.83. The lowest BCUT2D eigenvalue weighted by Gasteiger charge is -2.40. The Morgan fingerprint density at radius 2 is 1.81 bits per heavy atom. The molecular weight excluding hydrogens is 262 g/mol. The average Bonchev–Trinajstić information content (AvgIpc) is 2.51. The highest BCUT2D eigenvalue weighted by atomic mass is 16.5. The van der Waals surface area contributed by atoms with Gasteiger partial charge in [0, 0.05) is 6.04 Å². The summed E-state index contributed by atoms with van der Waals surface area (Å²) in [5, 5.41) is 3.57. The zero-order valence-corrected chi connectivity index (χ0v) is 14.9. The van der Waals surface area contributed by atoms with Crippen LogP contribution in [-0.4, -0.2) is 25.2 Å². The van der Waals surface area contributed by atoms with E-state index >= 15 is 0 Å². The van der Waals surface area contributed by atoms with Crippen molar-refractivity contribution in [2.24, 2.45) is 17.3 Å². The average molecular weight is 297 g/mol. The van der Waals surface area contributed by atoms with Crippen LogP contribution in [0.2, 0.25) is 0 Å². The number of methoxy groups -OCH3 is 1. The standard InChI is InChI=1S/C18H35NO2/c1-7-13(3)16(17(20)21-6)19-15-11-9-14(10-12-15)18(4,5)8-2/h13-16,19H,7-12H2,1-6H3. The van der Waals surface area contributed by atoms with E-state index in [2.05, 4.69) is 39.9 Å². The number of nitrogens with one attached hydrogen (secondary N) is 1. The molecule has 0 spiro atoms. The number of carbonyl (C=O) groups excluding carboxylic acids is 1. The van der Waals surface area contributed by atoms with Crippen molar-refractivity contribution in [3.05, 3.63) is 0 Å². The highest BCUT2D eigenvalue weighted by molar-refractivity contribution is 5.76. The topological polar surface area (TPSA) is 38.3 Å². The molecule has 0 aromatic rings. The zero-order valence-electron chi connectivity index (χ0n) is 14.9. The predicted molar refractivity (Wildman–Crippen MR) is 88.2 cm³/mol. The third kappa shape index (κ3) is 4.98. The molecular formula is C18H35NO2. The second-order valence-corrected chi connectivity index (χ2v) is 7.44. The fourth-order valence-electron chi connectivity index (χ4n) is 3.41. The number of hydrogen-bond donors (Lipinski definition) is 1. The first-order valence-corrected chi connectivity index (χ1v) is 8.69. The van der Waals surface area contributed by atoms with Crippen LogP contribution in [0.5, 0.6) is 0 Å². The van der Waals surface area contributed by atoms with Gasteiger partial charge in [0.15, 0.2) is 0 Å². The molecule has 0 saturated heterocycles. The molecule has 0 amide bonds. The summed E-state index contributed by atoms with van der Waals surface area (Å²) < 4.78 is 4.97. The van der Waals surface area contributed by atoms with Gasteiger partial charge in [-0.25, -0.2) is 0 Å². The van der Waals surface area contributed by atoms with Crippen molar-refractivity contribution < 1.29 is 9.53 Å². The lowest BCUT2D eigenvalue weighted by Crippen LogP contribution is -2.49. The molecule has 2 unspecified atom stereocenters. The van der Waals surface area contributed by atoms with E-state index in [0.717, 1.165) is 12.3 Å². The number of hydrogen-bond acceptors (Lipinski definition) is 3. The van der Waals surface area contributed by atoms with Gasteiger partial charge < -0.3 is 10.1 Å². The molecule has 0 radical (unpaired) electrons. The van der Waals surface area contributed by atoms with E-state index in [1.54, 1.807) is 0 Å². The maximum absolute atomic E-state index is 12.0. The second-order valence-electron chi connectivity index (χ2n) is 7.44. The van der Waals surface area contributed by atoms with Gasteiger partial charge in [0.05, 0.1) is 7.11 Å². The maximum atomic E-state index is 12.0. The van der Waals surface area contributed by atoms with Crippen LogP contribution in [0.1, 0.15) is 73.1 Å². The molecule has 21 heavy (non-hydrogen) atoms. The van der Waals surface area contributed by atoms with Crippen molar-refractivity contribution >= 4 is 5.97 Å². The first-order chi connectivity index (χ1) is 9.85. The molecule has 3 heteroatoms. The molecule has 3 nitrogen and oxygen atoms in total. The van der Waals surface area contributed by atoms with E-state index in [1.165, 1.54) is 39.2 Å². The summed E-state index contributed by atoms with van der Waals surface area (Å²) in [6.07, 6.45) is 7.13. The van der Waals surface area contributed by atoms with Crippen molar-refractivity contribution in [2.45, 2.75) is 85.2 Å². The number of rotatable bonds is 7. The second kappa shape index (κ2) is 8.17. The number of ether oxygens (including phenoxy) is 1. The van der Waals surface area contributed by atoms with Gasteiger partial charge in [0.1, 0.15) is 6.04 Å². The lowest BCUT2D eigenvalue weighted by molar-refractivity contribution is -0.145. The number of esters is 1. The van der Waals surface area contributed by atoms with Crippen LogP contribution in [-0.2, 0) is 9.53 Å². The third-order valence-electron chi connectivity index (χ3n) is 5.83. The maximum Gasteiger partial charge on any atom is 0.323 e. The first-order valence-electron chi connectivity index (χ1n) is 8.69. The summed E-state index contributed by atoms with van der Waals surface area (Å²) in [4.78, 5) is 12.0. The van der Waals surface area contributed by atoms with Gasteiger partial charge in [-0.05, 0) is 42.9 Å². The van der Waals surface area contributed by atoms with Gasteiger partial charge in [-0.3, -0.25) is 4.79 Å². The molecule has 0 aromatic heterocycles. The molecule has 1 aliphatic carbocycles. The van der Waals surface area contributed by atoms with Crippen LogP contribution in [0.4, 0.5) is 0 Å². The summed E-state index contributed by atoms with van der Waals surface area (Å²) >= 11 is 0. The summed E-state index contributed by atoms with van der Waals surface area (Å²) in [6, 6.07) is 0.313. The molecule has 1 fully saturated rings. The number of carbonyl (C=O) groups is 1. The van der Waals surface area contributed by atoms with E-state index in [4.69, 9.17) is 4.74 Å². The van der Waals surface area contributed by atoms with Crippen LogP contribution in [0.15, 0.2) is 0 Å². The van der Waals surface area contributed by atoms with Crippen molar-refractivity contribution in [2.75, 3.05) is 7.11 Å². The van der Waals surface area contributed by atoms with E-state index in [1.807, 2.05) is 0 Å². The summed E-state index contributed by atoms with van der Waals surface area (Å²) in [5.41, 5.74) is 0.448. The molecule has 1 aliphatic rings. The lowest BCUT2D eigenvalue weighted by atomic mass is 9.69. The van der Waals surface area contributed by atoms with Gasteiger partial charge in [-0.15, -0.1) is 0 Å². The van der Waals surface area contributed by atoms with Crippen LogP contribution in [0, 0.1) is 17.3 Å². The highest BCUT2D eigenvalue weighted by Gasteiger charge is 2.34. The van der Waals surface area contributed by atoms with Crippen molar-refractivity contribution in [1.82, 2.24) is 5.32 Å². The minimum Gasteiger partial charge on any atom is -0.468 e. The van der Waals surface area contributed by atoms with Crippen LogP contribution < -0.4 is 5.32 Å². The van der Waals surface area contributed by atoms with Crippen LogP contribution >= 0.6 is 0 Å². The molecule has 1 saturated carbocycles. The largest absolute Gasteiger partial charge is 0.468 e. The SMILES string of the molecule is CCC(C)C(NC1CCC(C(C)(C)CC)CC1)C(=O)OC. The minimum absolute atomic E-state index is 0.111. The quantitative estimate of drug-likeness (QED) is 0.717. The molecule has 0 bridgehead atoms. The Hall–Kier alpha value is -0.570. The fourth-order valence-corrected chi connectivity index (χ4v) is 3.41. The Kier molecular flexibility index (Phi) is 7.19. The Morgan fingerprint density at radius 1 is 1.24 bits per heavy atom. The fraction of sp³-hybridized carbons (Fsp3) is 0.944. The summed E-state index contributed by atoms with van der Waals surface area (Å²) in [7, 11) is 1.49. The van der Waals surface area contributed by atoms with Crippen molar-refractivity contribution in [3.8, 4) is 0 Å². The van der Waals surface area contributed by atoms with Gasteiger partial charge in [-0.1, -0.05) is 47.5 Å². The van der Waals surface area contributed by atoms with E-state index in [0.29, 0.717) is 17.4 Å². The smallest absolute Gasteiger partial charge is 0.323 e. The van der Waals surface area contributed by atoms with Gasteiger partial charge in [0.2, 0.25) is 0 Å². The molecule has 0 heterocycles. The monoisotopic (exact) mass is 297 g/mol. The van der Waals surface area contributed by atoms with E-state index in [9.17, 15) is 4.79 Å². The Morgan fingerprint density at radius 3 is 2.24 bits per heavy atom. The van der Waals surface area contributed by atoms with Crippen LogP contribution in [0.25, 0.3) is 0 Å². The van der Waals surface area contributed by atoms with Gasteiger partial charge in [-0.2, -0.15) is 0 Å². The molecule has 0 aromatic carbocycles. The molecule has 1 rings (SSSR count). The molecule has 124 valence electrons.